The lowest BCUT2D eigenvalue weighted by atomic mass is 9.78. The molecule has 3 aromatic carbocycles. The molecule has 2 aliphatic heterocycles. The van der Waals surface area contributed by atoms with Crippen molar-refractivity contribution in [2.24, 2.45) is 5.92 Å². The van der Waals surface area contributed by atoms with Gasteiger partial charge in [-0.25, -0.2) is 8.78 Å². The highest BCUT2D eigenvalue weighted by molar-refractivity contribution is 6.03. The first kappa shape index (κ1) is 28.3. The molecule has 40 heavy (non-hydrogen) atoms. The molecule has 9 heteroatoms. The summed E-state index contributed by atoms with van der Waals surface area (Å²) in [5, 5.41) is 40.0. The van der Waals surface area contributed by atoms with Gasteiger partial charge in [0.1, 0.15) is 36.1 Å². The zero-order valence-corrected chi connectivity index (χ0v) is 21.8. The summed E-state index contributed by atoms with van der Waals surface area (Å²) < 4.78 is 32.5. The van der Waals surface area contributed by atoms with Crippen LogP contribution < -0.4 is 4.90 Å². The average molecular weight is 554 g/mol. The van der Waals surface area contributed by atoms with Crippen LogP contribution in [-0.4, -0.2) is 63.5 Å². The fourth-order valence-electron chi connectivity index (χ4n) is 5.71. The Kier molecular flexibility index (Phi) is 8.58. The van der Waals surface area contributed by atoms with Crippen LogP contribution >= 0.6 is 0 Å². The number of ether oxygens (including phenoxy) is 1. The normalized spacial score (nSPS) is 28.4. The lowest BCUT2D eigenvalue weighted by Crippen LogP contribution is -2.59. The van der Waals surface area contributed by atoms with Gasteiger partial charge in [0, 0.05) is 12.1 Å². The lowest BCUT2D eigenvalue weighted by molar-refractivity contribution is -0.228. The van der Waals surface area contributed by atoms with Crippen LogP contribution in [0, 0.1) is 17.6 Å². The van der Waals surface area contributed by atoms with Crippen LogP contribution in [0.25, 0.3) is 0 Å². The maximum atomic E-state index is 13.6. The number of carbonyl (C=O) groups is 1. The van der Waals surface area contributed by atoms with Gasteiger partial charge in [0.25, 0.3) is 0 Å². The molecule has 0 aromatic heterocycles. The standard InChI is InChI=1S/C31H33F2NO6/c32-21-10-6-18(7-11-21)2-1-3-24-27(34(31(24)39)23-14-12-22(33)13-15-23)20-8-4-19(5-9-20)16-25-28(36)30(38)29(37)26(17-35)40-25/h4-15,24-30,35-38H,1-3,16-17H2/t24-,25+,26-,27+,28+,29-,30-/m1/s1. The maximum Gasteiger partial charge on any atom is 0.233 e. The van der Waals surface area contributed by atoms with Crippen molar-refractivity contribution >= 4 is 11.6 Å². The topological polar surface area (TPSA) is 110 Å². The van der Waals surface area contributed by atoms with E-state index in [2.05, 4.69) is 0 Å². The molecule has 0 unspecified atom stereocenters. The van der Waals surface area contributed by atoms with Crippen LogP contribution in [0.3, 0.4) is 0 Å². The number of aryl methyl sites for hydroxylation is 1. The Bertz CT molecular complexity index is 1280. The van der Waals surface area contributed by atoms with E-state index in [1.54, 1.807) is 29.2 Å². The first-order valence-electron chi connectivity index (χ1n) is 13.5. The maximum absolute atomic E-state index is 13.6. The summed E-state index contributed by atoms with van der Waals surface area (Å²) in [6.07, 6.45) is -3.62. The summed E-state index contributed by atoms with van der Waals surface area (Å²) >= 11 is 0. The zero-order chi connectivity index (χ0) is 28.4. The first-order valence-corrected chi connectivity index (χ1v) is 13.5. The fourth-order valence-corrected chi connectivity index (χ4v) is 5.71. The van der Waals surface area contributed by atoms with Gasteiger partial charge < -0.3 is 30.1 Å². The molecule has 4 N–H and O–H groups in total. The highest BCUT2D eigenvalue weighted by Crippen LogP contribution is 2.45. The number of aliphatic hydroxyl groups excluding tert-OH is 4. The van der Waals surface area contributed by atoms with Crippen molar-refractivity contribution in [2.75, 3.05) is 11.5 Å². The Morgan fingerprint density at radius 1 is 0.750 bits per heavy atom. The summed E-state index contributed by atoms with van der Waals surface area (Å²) in [4.78, 5) is 14.9. The molecule has 212 valence electrons. The van der Waals surface area contributed by atoms with Gasteiger partial charge >= 0.3 is 0 Å². The van der Waals surface area contributed by atoms with Gasteiger partial charge in [-0.15, -0.1) is 0 Å². The van der Waals surface area contributed by atoms with E-state index in [9.17, 15) is 34.0 Å². The van der Waals surface area contributed by atoms with Crippen molar-refractivity contribution in [3.8, 4) is 0 Å². The minimum Gasteiger partial charge on any atom is -0.394 e. The number of amides is 1. The molecular weight excluding hydrogens is 520 g/mol. The number of halogens is 2. The molecule has 2 fully saturated rings. The molecular formula is C31H33F2NO6. The highest BCUT2D eigenvalue weighted by Gasteiger charge is 2.48. The van der Waals surface area contributed by atoms with Crippen molar-refractivity contribution in [2.45, 2.75) is 62.2 Å². The number of aliphatic hydroxyl groups is 4. The Morgan fingerprint density at radius 2 is 1.32 bits per heavy atom. The van der Waals surface area contributed by atoms with Crippen molar-refractivity contribution in [3.63, 3.8) is 0 Å². The average Bonchev–Trinajstić information content (AvgIpc) is 2.96. The number of nitrogens with zero attached hydrogens (tertiary/aromatic N) is 1. The minimum atomic E-state index is -1.43. The summed E-state index contributed by atoms with van der Waals surface area (Å²) in [7, 11) is 0. The second-order valence-corrected chi connectivity index (χ2v) is 10.6. The predicted octanol–water partition coefficient (Wildman–Crippen LogP) is 3.08. The molecule has 7 atom stereocenters. The third-order valence-corrected chi connectivity index (χ3v) is 7.96. The molecule has 1 amide bonds. The van der Waals surface area contributed by atoms with Gasteiger partial charge in [-0.05, 0) is 72.4 Å². The van der Waals surface area contributed by atoms with Crippen molar-refractivity contribution in [1.29, 1.82) is 0 Å². The molecule has 2 aliphatic rings. The Balaban J connectivity index is 1.31. The van der Waals surface area contributed by atoms with Crippen LogP contribution in [0.4, 0.5) is 14.5 Å². The molecule has 0 aliphatic carbocycles. The second-order valence-electron chi connectivity index (χ2n) is 10.6. The predicted molar refractivity (Wildman–Crippen MR) is 143 cm³/mol. The zero-order valence-electron chi connectivity index (χ0n) is 21.8. The molecule has 0 bridgehead atoms. The number of β-lactam (4-membered cyclic amide) rings is 1. The summed E-state index contributed by atoms with van der Waals surface area (Å²) in [6, 6.07) is 19.4. The molecule has 0 radical (unpaired) electrons. The molecule has 5 rings (SSSR count). The van der Waals surface area contributed by atoms with Crippen LogP contribution in [0.2, 0.25) is 0 Å². The monoisotopic (exact) mass is 553 g/mol. The number of anilines is 1. The van der Waals surface area contributed by atoms with Crippen molar-refractivity contribution in [3.05, 3.63) is 101 Å². The van der Waals surface area contributed by atoms with Crippen LogP contribution in [0.5, 0.6) is 0 Å². The van der Waals surface area contributed by atoms with E-state index in [4.69, 9.17) is 4.74 Å². The van der Waals surface area contributed by atoms with Crippen molar-refractivity contribution < 1.29 is 38.7 Å². The Hall–Kier alpha value is -3.21. The molecule has 0 spiro atoms. The lowest BCUT2D eigenvalue weighted by Gasteiger charge is -2.48. The Labute approximate surface area is 231 Å². The van der Waals surface area contributed by atoms with E-state index in [0.29, 0.717) is 18.5 Å². The van der Waals surface area contributed by atoms with Crippen LogP contribution in [-0.2, 0) is 22.4 Å². The number of benzene rings is 3. The van der Waals surface area contributed by atoms with E-state index in [0.717, 1.165) is 23.1 Å². The third kappa shape index (κ3) is 5.80. The number of carbonyl (C=O) groups excluding carboxylic acids is 1. The Morgan fingerprint density at radius 3 is 1.95 bits per heavy atom. The van der Waals surface area contributed by atoms with E-state index >= 15 is 0 Å². The van der Waals surface area contributed by atoms with Crippen LogP contribution in [0.15, 0.2) is 72.8 Å². The number of rotatable bonds is 9. The minimum absolute atomic E-state index is 0.0406. The SMILES string of the molecule is O=C1[C@H](CCCc2ccc(F)cc2)[C@H](c2ccc(C[C@@H]3O[C@H](CO)[C@@H](O)[C@H](O)[C@H]3O)cc2)N1c1ccc(F)cc1. The van der Waals surface area contributed by atoms with Gasteiger partial charge in [0.2, 0.25) is 5.91 Å². The van der Waals surface area contributed by atoms with Crippen LogP contribution in [0.1, 0.15) is 35.6 Å². The fraction of sp³-hybridized carbons (Fsp3) is 0.387. The van der Waals surface area contributed by atoms with Gasteiger partial charge in [-0.2, -0.15) is 0 Å². The molecule has 3 aromatic rings. The van der Waals surface area contributed by atoms with Gasteiger partial charge in [0.15, 0.2) is 0 Å². The number of hydrogen-bond donors (Lipinski definition) is 4. The molecule has 0 saturated carbocycles. The van der Waals surface area contributed by atoms with E-state index in [-0.39, 0.29) is 35.9 Å². The van der Waals surface area contributed by atoms with Gasteiger partial charge in [0.05, 0.1) is 24.7 Å². The molecule has 2 saturated heterocycles. The first-order chi connectivity index (χ1) is 19.3. The number of hydrogen-bond acceptors (Lipinski definition) is 6. The summed E-state index contributed by atoms with van der Waals surface area (Å²) in [5.74, 6) is -0.993. The summed E-state index contributed by atoms with van der Waals surface area (Å²) in [6.45, 7) is -0.488. The van der Waals surface area contributed by atoms with E-state index in [1.807, 2.05) is 24.3 Å². The third-order valence-electron chi connectivity index (χ3n) is 7.96. The summed E-state index contributed by atoms with van der Waals surface area (Å²) in [5.41, 5.74) is 3.31. The van der Waals surface area contributed by atoms with Gasteiger partial charge in [-0.3, -0.25) is 4.79 Å². The largest absolute Gasteiger partial charge is 0.394 e. The molecule has 7 nitrogen and oxygen atoms in total. The van der Waals surface area contributed by atoms with Crippen molar-refractivity contribution in [1.82, 2.24) is 0 Å². The smallest absolute Gasteiger partial charge is 0.233 e. The second kappa shape index (κ2) is 12.1. The van der Waals surface area contributed by atoms with Gasteiger partial charge in [-0.1, -0.05) is 36.4 Å². The van der Waals surface area contributed by atoms with E-state index in [1.165, 1.54) is 24.3 Å². The quantitative estimate of drug-likeness (QED) is 0.303. The molecule has 2 heterocycles. The highest BCUT2D eigenvalue weighted by atomic mass is 19.1. The van der Waals surface area contributed by atoms with E-state index < -0.39 is 37.1 Å².